The molecule has 1 N–H and O–H groups in total. The normalized spacial score (nSPS) is 11.2. The molecule has 16 heavy (non-hydrogen) atoms. The number of carboxylic acids is 1. The maximum absolute atomic E-state index is 12.8. The molecule has 88 valence electrons. The largest absolute Gasteiger partial charge is 0.496 e. The van der Waals surface area contributed by atoms with E-state index in [2.05, 4.69) is 15.9 Å². The zero-order chi connectivity index (χ0) is 12.5. The lowest BCUT2D eigenvalue weighted by molar-refractivity contribution is 0.0693. The fourth-order valence-corrected chi connectivity index (χ4v) is 2.51. The van der Waals surface area contributed by atoms with Gasteiger partial charge in [-0.15, -0.1) is 3.89 Å². The smallest absolute Gasteiger partial charge is 0.339 e. The van der Waals surface area contributed by atoms with E-state index in [0.29, 0.717) is 6.07 Å². The number of rotatable bonds is 3. The maximum atomic E-state index is 12.8. The molecule has 0 aliphatic carbocycles. The molecule has 0 saturated heterocycles. The van der Waals surface area contributed by atoms with E-state index in [1.165, 1.54) is 7.11 Å². The first-order valence-corrected chi connectivity index (χ1v) is 6.00. The number of benzene rings is 1. The molecule has 5 nitrogen and oxygen atoms in total. The second-order valence-corrected chi connectivity index (χ2v) is 4.90. The number of carbonyl (C=O) groups is 1. The highest BCUT2D eigenvalue weighted by molar-refractivity contribution is 9.10. The topological polar surface area (TPSA) is 80.7 Å². The van der Waals surface area contributed by atoms with Gasteiger partial charge in [0.15, 0.2) is 0 Å². The molecule has 0 bridgehead atoms. The average molecular weight is 313 g/mol. The molecule has 0 unspecified atom stereocenters. The monoisotopic (exact) mass is 312 g/mol. The molecule has 0 saturated carbocycles. The van der Waals surface area contributed by atoms with Crippen molar-refractivity contribution in [1.82, 2.24) is 0 Å². The van der Waals surface area contributed by atoms with Crippen LogP contribution < -0.4 is 4.74 Å². The molecule has 8 heteroatoms. The lowest BCUT2D eigenvalue weighted by atomic mass is 10.2. The number of ether oxygens (including phenoxy) is 1. The second kappa shape index (κ2) is 4.38. The highest BCUT2D eigenvalue weighted by Gasteiger charge is 2.22. The van der Waals surface area contributed by atoms with Crippen molar-refractivity contribution < 1.29 is 26.9 Å². The van der Waals surface area contributed by atoms with Gasteiger partial charge in [0.05, 0.1) is 7.11 Å². The van der Waals surface area contributed by atoms with E-state index in [1.54, 1.807) is 0 Å². The van der Waals surface area contributed by atoms with Crippen LogP contribution in [0.4, 0.5) is 3.89 Å². The second-order valence-electron chi connectivity index (χ2n) is 2.73. The van der Waals surface area contributed by atoms with Crippen LogP contribution in [0.2, 0.25) is 0 Å². The van der Waals surface area contributed by atoms with Gasteiger partial charge in [-0.05, 0) is 28.1 Å². The summed E-state index contributed by atoms with van der Waals surface area (Å²) < 4.78 is 38.8. The molecule has 1 aromatic carbocycles. The molecule has 0 radical (unpaired) electrons. The predicted molar refractivity (Wildman–Crippen MR) is 55.9 cm³/mol. The quantitative estimate of drug-likeness (QED) is 0.861. The van der Waals surface area contributed by atoms with E-state index in [9.17, 15) is 17.1 Å². The van der Waals surface area contributed by atoms with E-state index < -0.39 is 26.7 Å². The minimum atomic E-state index is -4.98. The number of methoxy groups -OCH3 is 1. The van der Waals surface area contributed by atoms with Crippen molar-refractivity contribution in [2.45, 2.75) is 4.90 Å². The Morgan fingerprint density at radius 1 is 1.50 bits per heavy atom. The van der Waals surface area contributed by atoms with Gasteiger partial charge in [-0.2, -0.15) is 8.42 Å². The first-order chi connectivity index (χ1) is 7.27. The van der Waals surface area contributed by atoms with Crippen molar-refractivity contribution in [3.8, 4) is 5.75 Å². The molecule has 0 atom stereocenters. The lowest BCUT2D eigenvalue weighted by Gasteiger charge is -2.07. The Balaban J connectivity index is 3.58. The molecule has 1 rings (SSSR count). The minimum absolute atomic E-state index is 0.0632. The first kappa shape index (κ1) is 12.9. The minimum Gasteiger partial charge on any atom is -0.496 e. The fraction of sp³-hybridized carbons (Fsp3) is 0.125. The van der Waals surface area contributed by atoms with Crippen LogP contribution >= 0.6 is 15.9 Å². The van der Waals surface area contributed by atoms with E-state index in [1.807, 2.05) is 0 Å². The number of hydrogen-bond donors (Lipinski definition) is 1. The molecule has 0 aromatic heterocycles. The molecular formula is C8H6BrFO5S. The average Bonchev–Trinajstić information content (AvgIpc) is 2.14. The summed E-state index contributed by atoms with van der Waals surface area (Å²) in [7, 11) is -3.76. The predicted octanol–water partition coefficient (Wildman–Crippen LogP) is 1.81. The van der Waals surface area contributed by atoms with Gasteiger partial charge < -0.3 is 9.84 Å². The number of hydrogen-bond acceptors (Lipinski definition) is 4. The number of carboxylic acid groups (broad SMARTS) is 1. The van der Waals surface area contributed by atoms with Gasteiger partial charge >= 0.3 is 16.2 Å². The number of aromatic carboxylic acids is 1. The third kappa shape index (κ3) is 2.50. The Morgan fingerprint density at radius 3 is 2.44 bits per heavy atom. The van der Waals surface area contributed by atoms with Crippen LogP contribution in [0.3, 0.4) is 0 Å². The first-order valence-electron chi connectivity index (χ1n) is 3.83. The highest BCUT2D eigenvalue weighted by atomic mass is 79.9. The van der Waals surface area contributed by atoms with Gasteiger partial charge in [0.25, 0.3) is 0 Å². The molecule has 0 spiro atoms. The van der Waals surface area contributed by atoms with Gasteiger partial charge in [0.2, 0.25) is 0 Å². The summed E-state index contributed by atoms with van der Waals surface area (Å²) in [6.45, 7) is 0. The van der Waals surface area contributed by atoms with Gasteiger partial charge in [0, 0.05) is 4.47 Å². The third-order valence-electron chi connectivity index (χ3n) is 1.75. The van der Waals surface area contributed by atoms with Crippen molar-refractivity contribution in [2.24, 2.45) is 0 Å². The zero-order valence-electron chi connectivity index (χ0n) is 7.90. The molecule has 0 aliphatic heterocycles. The molecule has 0 fully saturated rings. The Kier molecular flexibility index (Phi) is 3.54. The number of halogens is 2. The van der Waals surface area contributed by atoms with Gasteiger partial charge in [-0.3, -0.25) is 0 Å². The molecule has 1 aromatic rings. The summed E-state index contributed by atoms with van der Waals surface area (Å²) in [6, 6.07) is 1.77. The lowest BCUT2D eigenvalue weighted by Crippen LogP contribution is -2.04. The molecule has 0 aliphatic rings. The van der Waals surface area contributed by atoms with Crippen LogP contribution in [0.25, 0.3) is 0 Å². The van der Waals surface area contributed by atoms with Gasteiger partial charge in [-0.1, -0.05) is 0 Å². The van der Waals surface area contributed by atoms with Crippen LogP contribution in [0.1, 0.15) is 10.4 Å². The standard InChI is InChI=1S/C8H6BrFO5S/c1-15-6-3-5(9)7(16(10,13)14)2-4(6)8(11)12/h2-3H,1H3,(H,11,12). The SMILES string of the molecule is COc1cc(Br)c(S(=O)(=O)F)cc1C(=O)O. The van der Waals surface area contributed by atoms with Crippen molar-refractivity contribution in [3.05, 3.63) is 22.2 Å². The van der Waals surface area contributed by atoms with Crippen LogP contribution in [0.15, 0.2) is 21.5 Å². The Hall–Kier alpha value is -1.15. The summed E-state index contributed by atoms with van der Waals surface area (Å²) >= 11 is 2.81. The summed E-state index contributed by atoms with van der Waals surface area (Å²) in [4.78, 5) is 10.0. The van der Waals surface area contributed by atoms with E-state index in [0.717, 1.165) is 6.07 Å². The summed E-state index contributed by atoms with van der Waals surface area (Å²) in [5.41, 5.74) is -0.429. The molecule has 0 amide bonds. The van der Waals surface area contributed by atoms with Crippen molar-refractivity contribution in [2.75, 3.05) is 7.11 Å². The van der Waals surface area contributed by atoms with Crippen LogP contribution in [0, 0.1) is 0 Å². The van der Waals surface area contributed by atoms with Gasteiger partial charge in [0.1, 0.15) is 16.2 Å². The summed E-state index contributed by atoms with van der Waals surface area (Å²) in [5.74, 6) is -1.47. The molecule has 0 heterocycles. The van der Waals surface area contributed by atoms with E-state index in [4.69, 9.17) is 9.84 Å². The Labute approximate surface area is 99.2 Å². The van der Waals surface area contributed by atoms with Crippen molar-refractivity contribution >= 4 is 32.1 Å². The van der Waals surface area contributed by atoms with E-state index >= 15 is 0 Å². The van der Waals surface area contributed by atoms with Crippen LogP contribution in [-0.2, 0) is 10.2 Å². The van der Waals surface area contributed by atoms with Crippen molar-refractivity contribution in [1.29, 1.82) is 0 Å². The Bertz CT molecular complexity index is 540. The fourth-order valence-electron chi connectivity index (χ4n) is 1.06. The summed E-state index contributed by atoms with van der Waals surface area (Å²) in [6.07, 6.45) is 0. The third-order valence-corrected chi connectivity index (χ3v) is 3.53. The van der Waals surface area contributed by atoms with Gasteiger partial charge in [-0.25, -0.2) is 4.79 Å². The van der Waals surface area contributed by atoms with Crippen LogP contribution in [-0.4, -0.2) is 26.6 Å². The van der Waals surface area contributed by atoms with Crippen LogP contribution in [0.5, 0.6) is 5.75 Å². The van der Waals surface area contributed by atoms with Crippen molar-refractivity contribution in [3.63, 3.8) is 0 Å². The Morgan fingerprint density at radius 2 is 2.06 bits per heavy atom. The zero-order valence-corrected chi connectivity index (χ0v) is 10.3. The van der Waals surface area contributed by atoms with E-state index in [-0.39, 0.29) is 10.2 Å². The molecular weight excluding hydrogens is 307 g/mol. The summed E-state index contributed by atoms with van der Waals surface area (Å²) in [5, 5.41) is 8.77. The highest BCUT2D eigenvalue weighted by Crippen LogP contribution is 2.31. The maximum Gasteiger partial charge on any atom is 0.339 e.